The van der Waals surface area contributed by atoms with Crippen LogP contribution in [0.15, 0.2) is 24.3 Å². The van der Waals surface area contributed by atoms with E-state index in [0.717, 1.165) is 12.8 Å². The summed E-state index contributed by atoms with van der Waals surface area (Å²) in [4.78, 5) is 0.261. The molecule has 1 saturated heterocycles. The molecule has 0 aliphatic carbocycles. The maximum Gasteiger partial charge on any atom is 0.0873 e. The van der Waals surface area contributed by atoms with Crippen molar-refractivity contribution in [1.29, 1.82) is 0 Å². The van der Waals surface area contributed by atoms with Crippen LogP contribution in [0.2, 0.25) is 0 Å². The highest BCUT2D eigenvalue weighted by atomic mass is 79.9. The van der Waals surface area contributed by atoms with Gasteiger partial charge in [0, 0.05) is 11.2 Å². The molecule has 0 aromatic rings. The first-order chi connectivity index (χ1) is 8.69. The van der Waals surface area contributed by atoms with E-state index in [4.69, 9.17) is 11.2 Å². The lowest BCUT2D eigenvalue weighted by molar-refractivity contribution is 0.0128. The molecule has 1 aliphatic heterocycles. The van der Waals surface area contributed by atoms with Gasteiger partial charge in [-0.1, -0.05) is 47.0 Å². The largest absolute Gasteiger partial charge is 0.390 e. The molecule has 4 atom stereocenters. The molecule has 3 heteroatoms. The zero-order valence-electron chi connectivity index (χ0n) is 10.8. The molecule has 18 heavy (non-hydrogen) atoms. The first-order valence-corrected chi connectivity index (χ1v) is 7.34. The third-order valence-corrected chi connectivity index (χ3v) is 3.97. The number of rotatable bonds is 6. The van der Waals surface area contributed by atoms with Crippen LogP contribution in [0.25, 0.3) is 0 Å². The third kappa shape index (κ3) is 4.97. The van der Waals surface area contributed by atoms with Gasteiger partial charge in [-0.25, -0.2) is 0 Å². The Morgan fingerprint density at radius 2 is 2.28 bits per heavy atom. The first kappa shape index (κ1) is 15.5. The van der Waals surface area contributed by atoms with Crippen molar-refractivity contribution in [2.24, 2.45) is 0 Å². The molecule has 1 fully saturated rings. The molecule has 2 nitrogen and oxygen atoms in total. The van der Waals surface area contributed by atoms with Crippen LogP contribution >= 0.6 is 15.9 Å². The van der Waals surface area contributed by atoms with Crippen LogP contribution in [0.3, 0.4) is 0 Å². The topological polar surface area (TPSA) is 29.5 Å². The van der Waals surface area contributed by atoms with Crippen LogP contribution in [0, 0.1) is 12.3 Å². The molecule has 0 bridgehead atoms. The van der Waals surface area contributed by atoms with Gasteiger partial charge in [0.2, 0.25) is 0 Å². The highest BCUT2D eigenvalue weighted by Gasteiger charge is 2.36. The Labute approximate surface area is 118 Å². The molecule has 0 radical (unpaired) electrons. The lowest BCUT2D eigenvalue weighted by Gasteiger charge is -2.16. The van der Waals surface area contributed by atoms with Crippen LogP contribution in [-0.2, 0) is 4.74 Å². The summed E-state index contributed by atoms with van der Waals surface area (Å²) in [6.07, 6.45) is 15.8. The SMILES string of the molecule is C#C/C=C\C[C@H]1O[C@@H]([C@H](Br)C/C=C/CC)C[C@H]1O. The number of hydrogen-bond donors (Lipinski definition) is 1. The van der Waals surface area contributed by atoms with Gasteiger partial charge in [-0.15, -0.1) is 6.42 Å². The van der Waals surface area contributed by atoms with Crippen molar-refractivity contribution in [3.05, 3.63) is 24.3 Å². The predicted octanol–water partition coefficient (Wildman–Crippen LogP) is 3.20. The fraction of sp³-hybridized carbons (Fsp3) is 0.600. The number of hydrogen-bond acceptors (Lipinski definition) is 2. The van der Waals surface area contributed by atoms with Gasteiger partial charge in [0.1, 0.15) is 0 Å². The van der Waals surface area contributed by atoms with Crippen molar-refractivity contribution in [1.82, 2.24) is 0 Å². The summed E-state index contributed by atoms with van der Waals surface area (Å²) >= 11 is 3.63. The molecule has 0 unspecified atom stereocenters. The summed E-state index contributed by atoms with van der Waals surface area (Å²) in [5.41, 5.74) is 0. The normalized spacial score (nSPS) is 30.0. The van der Waals surface area contributed by atoms with Crippen LogP contribution < -0.4 is 0 Å². The van der Waals surface area contributed by atoms with Crippen LogP contribution in [-0.4, -0.2) is 28.2 Å². The number of terminal acetylenes is 1. The number of alkyl halides is 1. The van der Waals surface area contributed by atoms with Gasteiger partial charge in [0.25, 0.3) is 0 Å². The van der Waals surface area contributed by atoms with E-state index in [9.17, 15) is 5.11 Å². The fourth-order valence-corrected chi connectivity index (χ4v) is 2.58. The molecular formula is C15H21BrO2. The van der Waals surface area contributed by atoms with Crippen molar-refractivity contribution in [2.45, 2.75) is 55.7 Å². The molecule has 0 aromatic heterocycles. The Balaban J connectivity index is 2.40. The van der Waals surface area contributed by atoms with E-state index in [-0.39, 0.29) is 17.0 Å². The Morgan fingerprint density at radius 3 is 2.94 bits per heavy atom. The quantitative estimate of drug-likeness (QED) is 0.463. The molecule has 0 aromatic carbocycles. The minimum Gasteiger partial charge on any atom is -0.390 e. The van der Waals surface area contributed by atoms with E-state index < -0.39 is 6.10 Å². The summed E-state index contributed by atoms with van der Waals surface area (Å²) in [5.74, 6) is 2.44. The Bertz CT molecular complexity index is 330. The second-order valence-electron chi connectivity index (χ2n) is 4.45. The van der Waals surface area contributed by atoms with Crippen molar-refractivity contribution in [3.8, 4) is 12.3 Å². The second-order valence-corrected chi connectivity index (χ2v) is 5.63. The summed E-state index contributed by atoms with van der Waals surface area (Å²) in [7, 11) is 0. The highest BCUT2D eigenvalue weighted by Crippen LogP contribution is 2.29. The minimum atomic E-state index is -0.396. The molecule has 0 spiro atoms. The van der Waals surface area contributed by atoms with E-state index in [1.807, 2.05) is 6.08 Å². The minimum absolute atomic E-state index is 0.0748. The number of halogens is 1. The van der Waals surface area contributed by atoms with E-state index >= 15 is 0 Å². The van der Waals surface area contributed by atoms with E-state index in [0.29, 0.717) is 12.8 Å². The van der Waals surface area contributed by atoms with Crippen molar-refractivity contribution >= 4 is 15.9 Å². The van der Waals surface area contributed by atoms with Crippen LogP contribution in [0.5, 0.6) is 0 Å². The summed E-state index contributed by atoms with van der Waals surface area (Å²) in [5, 5.41) is 9.93. The standard InChI is InChI=1S/C15H21BrO2/c1-3-5-7-9-12(16)15-11-13(17)14(18-15)10-8-6-4-2/h2,5-8,12-15,17H,3,9-11H2,1H3/b7-5+,8-6-/t12-,13-,14-,15-/m1/s1. The lowest BCUT2D eigenvalue weighted by atomic mass is 10.1. The number of ether oxygens (including phenoxy) is 1. The first-order valence-electron chi connectivity index (χ1n) is 6.42. The summed E-state index contributed by atoms with van der Waals surface area (Å²) < 4.78 is 5.86. The van der Waals surface area contributed by atoms with Crippen molar-refractivity contribution in [3.63, 3.8) is 0 Å². The second kappa shape index (κ2) is 8.53. The molecule has 0 amide bonds. The smallest absolute Gasteiger partial charge is 0.0873 e. The van der Waals surface area contributed by atoms with Gasteiger partial charge in [0.15, 0.2) is 0 Å². The zero-order chi connectivity index (χ0) is 13.4. The van der Waals surface area contributed by atoms with Gasteiger partial charge >= 0.3 is 0 Å². The van der Waals surface area contributed by atoms with Gasteiger partial charge in [-0.05, 0) is 25.3 Å². The average Bonchev–Trinajstić information content (AvgIpc) is 2.72. The summed E-state index contributed by atoms with van der Waals surface area (Å²) in [6, 6.07) is 0. The number of aliphatic hydroxyl groups is 1. The third-order valence-electron chi connectivity index (χ3n) is 3.00. The van der Waals surface area contributed by atoms with Gasteiger partial charge in [0.05, 0.1) is 18.3 Å². The Kier molecular flexibility index (Phi) is 7.34. The summed E-state index contributed by atoms with van der Waals surface area (Å²) in [6.45, 7) is 2.11. The predicted molar refractivity (Wildman–Crippen MR) is 78.6 cm³/mol. The lowest BCUT2D eigenvalue weighted by Crippen LogP contribution is -2.21. The van der Waals surface area contributed by atoms with Crippen LogP contribution in [0.4, 0.5) is 0 Å². The average molecular weight is 313 g/mol. The molecule has 1 N–H and O–H groups in total. The maximum atomic E-state index is 9.93. The highest BCUT2D eigenvalue weighted by molar-refractivity contribution is 9.09. The van der Waals surface area contributed by atoms with Crippen LogP contribution in [0.1, 0.15) is 32.6 Å². The molecule has 1 aliphatic rings. The number of aliphatic hydroxyl groups excluding tert-OH is 1. The van der Waals surface area contributed by atoms with E-state index in [1.54, 1.807) is 6.08 Å². The van der Waals surface area contributed by atoms with E-state index in [2.05, 4.69) is 40.9 Å². The Hall–Kier alpha value is -0.560. The molecule has 0 saturated carbocycles. The molecular weight excluding hydrogens is 292 g/mol. The van der Waals surface area contributed by atoms with Gasteiger partial charge in [-0.2, -0.15) is 0 Å². The van der Waals surface area contributed by atoms with E-state index in [1.165, 1.54) is 0 Å². The van der Waals surface area contributed by atoms with Gasteiger partial charge < -0.3 is 9.84 Å². The van der Waals surface area contributed by atoms with Gasteiger partial charge in [-0.3, -0.25) is 0 Å². The zero-order valence-corrected chi connectivity index (χ0v) is 12.3. The maximum absolute atomic E-state index is 9.93. The molecule has 1 rings (SSSR count). The Morgan fingerprint density at radius 1 is 1.50 bits per heavy atom. The molecule has 1 heterocycles. The number of allylic oxidation sites excluding steroid dienone is 3. The van der Waals surface area contributed by atoms with Crippen molar-refractivity contribution in [2.75, 3.05) is 0 Å². The van der Waals surface area contributed by atoms with Crippen molar-refractivity contribution < 1.29 is 9.84 Å². The fourth-order valence-electron chi connectivity index (χ4n) is 2.02. The monoisotopic (exact) mass is 312 g/mol. The molecule has 100 valence electrons.